The number of anilines is 1. The summed E-state index contributed by atoms with van der Waals surface area (Å²) in [5.41, 5.74) is 4.56. The summed E-state index contributed by atoms with van der Waals surface area (Å²) >= 11 is 0. The zero-order chi connectivity index (χ0) is 21.3. The summed E-state index contributed by atoms with van der Waals surface area (Å²) in [5.74, 6) is -1.21. The molecule has 2 aromatic carbocycles. The van der Waals surface area contributed by atoms with Crippen LogP contribution >= 0.6 is 0 Å². The van der Waals surface area contributed by atoms with E-state index in [9.17, 15) is 14.4 Å². The molecule has 30 heavy (non-hydrogen) atoms. The summed E-state index contributed by atoms with van der Waals surface area (Å²) in [6.07, 6.45) is 5.06. The highest BCUT2D eigenvalue weighted by molar-refractivity contribution is 6.03. The second-order valence-corrected chi connectivity index (χ2v) is 7.19. The highest BCUT2D eigenvalue weighted by Gasteiger charge is 2.24. The highest BCUT2D eigenvalue weighted by atomic mass is 16.4. The molecule has 150 valence electrons. The van der Waals surface area contributed by atoms with Crippen molar-refractivity contribution in [3.63, 3.8) is 0 Å². The number of carbonyl (C=O) groups is 2. The summed E-state index contributed by atoms with van der Waals surface area (Å²) in [5, 5.41) is 11.6. The molecule has 0 bridgehead atoms. The number of aliphatic carboxylic acids is 1. The molecule has 0 fully saturated rings. The van der Waals surface area contributed by atoms with E-state index in [1.54, 1.807) is 18.2 Å². The maximum atomic E-state index is 12.9. The normalized spacial score (nSPS) is 14.4. The van der Waals surface area contributed by atoms with Gasteiger partial charge in [0.25, 0.3) is 0 Å². The molecule has 3 aromatic rings. The van der Waals surface area contributed by atoms with Gasteiger partial charge in [-0.2, -0.15) is 0 Å². The van der Waals surface area contributed by atoms with Crippen molar-refractivity contribution in [1.82, 2.24) is 0 Å². The third kappa shape index (κ3) is 3.93. The van der Waals surface area contributed by atoms with Crippen molar-refractivity contribution in [3.8, 4) is 0 Å². The van der Waals surface area contributed by atoms with E-state index in [1.807, 2.05) is 37.3 Å². The molecule has 4 rings (SSSR count). The average molecular weight is 401 g/mol. The Labute approximate surface area is 172 Å². The van der Waals surface area contributed by atoms with Crippen LogP contribution in [0.3, 0.4) is 0 Å². The minimum Gasteiger partial charge on any atom is -0.478 e. The summed E-state index contributed by atoms with van der Waals surface area (Å²) in [4.78, 5) is 35.3. The van der Waals surface area contributed by atoms with Crippen molar-refractivity contribution in [2.75, 3.05) is 5.32 Å². The summed E-state index contributed by atoms with van der Waals surface area (Å²) < 4.78 is 6.08. The van der Waals surface area contributed by atoms with E-state index in [1.165, 1.54) is 5.56 Å². The maximum Gasteiger partial charge on any atom is 0.328 e. The number of carboxylic acids is 1. The van der Waals surface area contributed by atoms with Crippen molar-refractivity contribution in [2.45, 2.75) is 19.8 Å². The molecule has 0 unspecified atom stereocenters. The molecule has 0 atom stereocenters. The predicted octanol–water partition coefficient (Wildman–Crippen LogP) is 4.17. The zero-order valence-corrected chi connectivity index (χ0v) is 16.3. The fourth-order valence-electron chi connectivity index (χ4n) is 3.50. The molecule has 0 saturated carbocycles. The van der Waals surface area contributed by atoms with Gasteiger partial charge in [-0.15, -0.1) is 0 Å². The van der Waals surface area contributed by atoms with Crippen LogP contribution in [0.1, 0.15) is 28.9 Å². The minimum atomic E-state index is -1.21. The summed E-state index contributed by atoms with van der Waals surface area (Å²) in [7, 11) is 0. The molecule has 1 aliphatic rings. The highest BCUT2D eigenvalue weighted by Crippen LogP contribution is 2.34. The Morgan fingerprint density at radius 3 is 2.57 bits per heavy atom. The number of carboxylic acid groups (broad SMARTS) is 1. The monoisotopic (exact) mass is 401 g/mol. The van der Waals surface area contributed by atoms with Crippen LogP contribution in [0, 0.1) is 6.92 Å². The molecule has 0 radical (unpaired) electrons. The first-order valence-electron chi connectivity index (χ1n) is 9.50. The molecule has 1 aliphatic carbocycles. The van der Waals surface area contributed by atoms with Crippen LogP contribution < -0.4 is 10.7 Å². The molecule has 6 heteroatoms. The van der Waals surface area contributed by atoms with E-state index >= 15 is 0 Å². The third-order valence-electron chi connectivity index (χ3n) is 4.99. The fourth-order valence-corrected chi connectivity index (χ4v) is 3.50. The van der Waals surface area contributed by atoms with Gasteiger partial charge in [0.1, 0.15) is 11.3 Å². The molecule has 1 heterocycles. The Balaban J connectivity index is 1.71. The number of carbonyl (C=O) groups excluding carboxylic acids is 1. The van der Waals surface area contributed by atoms with E-state index in [0.29, 0.717) is 34.4 Å². The van der Waals surface area contributed by atoms with E-state index < -0.39 is 11.9 Å². The van der Waals surface area contributed by atoms with Gasteiger partial charge >= 0.3 is 5.97 Å². The second kappa shape index (κ2) is 7.83. The van der Waals surface area contributed by atoms with Crippen LogP contribution in [-0.2, 0) is 16.0 Å². The number of benzene rings is 2. The smallest absolute Gasteiger partial charge is 0.328 e. The first-order valence-corrected chi connectivity index (χ1v) is 9.50. The lowest BCUT2D eigenvalue weighted by Crippen LogP contribution is -2.11. The van der Waals surface area contributed by atoms with Gasteiger partial charge in [0, 0.05) is 29.5 Å². The molecule has 1 aromatic heterocycles. The summed E-state index contributed by atoms with van der Waals surface area (Å²) in [6.45, 7) is 2.03. The molecule has 2 N–H and O–H groups in total. The Kier molecular flexibility index (Phi) is 5.06. The van der Waals surface area contributed by atoms with Crippen LogP contribution in [0.2, 0.25) is 0 Å². The van der Waals surface area contributed by atoms with Crippen LogP contribution in [0.15, 0.2) is 63.8 Å². The van der Waals surface area contributed by atoms with Crippen molar-refractivity contribution in [1.29, 1.82) is 0 Å². The first-order chi connectivity index (χ1) is 14.4. The number of allylic oxidation sites excluding steroid dienone is 1. The van der Waals surface area contributed by atoms with Crippen molar-refractivity contribution < 1.29 is 19.1 Å². The molecule has 6 nitrogen and oxygen atoms in total. The van der Waals surface area contributed by atoms with Crippen LogP contribution in [-0.4, -0.2) is 17.0 Å². The molecule has 0 aliphatic heterocycles. The van der Waals surface area contributed by atoms with Gasteiger partial charge in [-0.3, -0.25) is 9.59 Å². The van der Waals surface area contributed by atoms with Crippen LogP contribution in [0.25, 0.3) is 22.6 Å². The lowest BCUT2D eigenvalue weighted by atomic mass is 10.1. The van der Waals surface area contributed by atoms with E-state index in [4.69, 9.17) is 9.52 Å². The van der Waals surface area contributed by atoms with E-state index in [2.05, 4.69) is 5.32 Å². The molecule has 0 saturated heterocycles. The van der Waals surface area contributed by atoms with Gasteiger partial charge in [-0.1, -0.05) is 29.8 Å². The van der Waals surface area contributed by atoms with Gasteiger partial charge in [0.15, 0.2) is 5.43 Å². The van der Waals surface area contributed by atoms with Crippen LogP contribution in [0.5, 0.6) is 0 Å². The minimum absolute atomic E-state index is 0.0674. The first kappa shape index (κ1) is 19.4. The molecular weight excluding hydrogens is 382 g/mol. The van der Waals surface area contributed by atoms with Crippen LogP contribution in [0.4, 0.5) is 5.69 Å². The maximum absolute atomic E-state index is 12.9. The van der Waals surface area contributed by atoms with E-state index in [0.717, 1.165) is 29.7 Å². The van der Waals surface area contributed by atoms with Gasteiger partial charge in [0.2, 0.25) is 5.91 Å². The number of hydrogen-bond acceptors (Lipinski definition) is 4. The largest absolute Gasteiger partial charge is 0.478 e. The lowest BCUT2D eigenvalue weighted by Gasteiger charge is -2.07. The quantitative estimate of drug-likeness (QED) is 0.640. The van der Waals surface area contributed by atoms with Gasteiger partial charge < -0.3 is 14.8 Å². The average Bonchev–Trinajstić information content (AvgIpc) is 3.11. The number of aryl methyl sites for hydroxylation is 1. The topological polar surface area (TPSA) is 96.6 Å². The lowest BCUT2D eigenvalue weighted by molar-refractivity contribution is -0.131. The number of fused-ring (bicyclic) bond motifs is 2. The van der Waals surface area contributed by atoms with Gasteiger partial charge in [-0.05, 0) is 49.1 Å². The SMILES string of the molecule is Cc1ccc(C=C2CCc3c2oc2cc(NC(=O)C=CC(=O)O)ccc2c3=O)cc1. The van der Waals surface area contributed by atoms with E-state index in [-0.39, 0.29) is 5.43 Å². The molecule has 0 spiro atoms. The summed E-state index contributed by atoms with van der Waals surface area (Å²) in [6, 6.07) is 12.9. The predicted molar refractivity (Wildman–Crippen MR) is 115 cm³/mol. The fraction of sp³-hybridized carbons (Fsp3) is 0.125. The Hall–Kier alpha value is -3.93. The number of hydrogen-bond donors (Lipinski definition) is 2. The zero-order valence-electron chi connectivity index (χ0n) is 16.3. The number of rotatable bonds is 4. The van der Waals surface area contributed by atoms with Crippen molar-refractivity contribution in [3.05, 3.63) is 87.3 Å². The standard InChI is InChI=1S/C24H19NO5/c1-14-2-4-15(5-3-14)12-16-6-8-19-23(29)18-9-7-17(13-20(18)30-24(16)19)25-21(26)10-11-22(27)28/h2-5,7,9-13H,6,8H2,1H3,(H,25,26)(H,27,28). The van der Waals surface area contributed by atoms with Gasteiger partial charge in [0.05, 0.1) is 5.39 Å². The van der Waals surface area contributed by atoms with Gasteiger partial charge in [-0.25, -0.2) is 4.79 Å². The van der Waals surface area contributed by atoms with Crippen molar-refractivity contribution in [2.24, 2.45) is 0 Å². The molecular formula is C24H19NO5. The Morgan fingerprint density at radius 2 is 1.83 bits per heavy atom. The Bertz CT molecular complexity index is 1280. The number of amides is 1. The van der Waals surface area contributed by atoms with Crippen molar-refractivity contribution >= 4 is 40.2 Å². The Morgan fingerprint density at radius 1 is 1.07 bits per heavy atom. The number of nitrogens with one attached hydrogen (secondary N) is 1. The molecule has 1 amide bonds. The third-order valence-corrected chi connectivity index (χ3v) is 4.99. The second-order valence-electron chi connectivity index (χ2n) is 7.19.